The van der Waals surface area contributed by atoms with Crippen molar-refractivity contribution in [3.63, 3.8) is 0 Å². The minimum Gasteiger partial charge on any atom is -0.337 e. The van der Waals surface area contributed by atoms with Crippen molar-refractivity contribution in [1.29, 1.82) is 0 Å². The first-order valence-corrected chi connectivity index (χ1v) is 8.35. The highest BCUT2D eigenvalue weighted by Crippen LogP contribution is 2.22. The summed E-state index contributed by atoms with van der Waals surface area (Å²) in [5, 5.41) is 4.01. The van der Waals surface area contributed by atoms with Crippen LogP contribution < -0.4 is 5.32 Å². The quantitative estimate of drug-likeness (QED) is 0.930. The van der Waals surface area contributed by atoms with Gasteiger partial charge in [-0.1, -0.05) is 54.1 Å². The van der Waals surface area contributed by atoms with Crippen molar-refractivity contribution in [1.82, 2.24) is 10.2 Å². The molecule has 0 saturated heterocycles. The number of benzene rings is 2. The van der Waals surface area contributed by atoms with Crippen molar-refractivity contribution in [2.24, 2.45) is 0 Å². The third kappa shape index (κ3) is 3.74. The van der Waals surface area contributed by atoms with Crippen molar-refractivity contribution < 1.29 is 4.79 Å². The molecular formula is C19H21ClN2O. The SMILES string of the molecule is C[C@@H](NCC(=O)N1CCc2ccccc2C1)c1ccccc1Cl. The number of nitrogens with one attached hydrogen (secondary N) is 1. The topological polar surface area (TPSA) is 32.3 Å². The molecule has 1 N–H and O–H groups in total. The van der Waals surface area contributed by atoms with E-state index in [1.54, 1.807) is 0 Å². The van der Waals surface area contributed by atoms with Crippen molar-refractivity contribution >= 4 is 17.5 Å². The van der Waals surface area contributed by atoms with Crippen LogP contribution in [0, 0.1) is 0 Å². The number of fused-ring (bicyclic) bond motifs is 1. The summed E-state index contributed by atoms with van der Waals surface area (Å²) < 4.78 is 0. The van der Waals surface area contributed by atoms with Crippen LogP contribution >= 0.6 is 11.6 Å². The van der Waals surface area contributed by atoms with E-state index in [1.807, 2.05) is 42.2 Å². The molecule has 0 aliphatic carbocycles. The summed E-state index contributed by atoms with van der Waals surface area (Å²) in [6, 6.07) is 16.1. The minimum atomic E-state index is 0.0460. The molecule has 23 heavy (non-hydrogen) atoms. The number of rotatable bonds is 4. The molecule has 1 amide bonds. The third-order valence-electron chi connectivity index (χ3n) is 4.41. The van der Waals surface area contributed by atoms with Crippen LogP contribution in [0.25, 0.3) is 0 Å². The molecule has 3 nitrogen and oxygen atoms in total. The Bertz CT molecular complexity index is 701. The predicted molar refractivity (Wildman–Crippen MR) is 93.4 cm³/mol. The van der Waals surface area contributed by atoms with Gasteiger partial charge in [-0.15, -0.1) is 0 Å². The van der Waals surface area contributed by atoms with Crippen LogP contribution in [0.5, 0.6) is 0 Å². The fourth-order valence-corrected chi connectivity index (χ4v) is 3.30. The lowest BCUT2D eigenvalue weighted by Gasteiger charge is -2.29. The maximum atomic E-state index is 12.5. The van der Waals surface area contributed by atoms with E-state index < -0.39 is 0 Å². The second-order valence-corrected chi connectivity index (χ2v) is 6.37. The highest BCUT2D eigenvalue weighted by Gasteiger charge is 2.20. The molecule has 3 rings (SSSR count). The van der Waals surface area contributed by atoms with Crippen molar-refractivity contribution in [2.45, 2.75) is 25.9 Å². The molecule has 0 aromatic heterocycles. The van der Waals surface area contributed by atoms with Gasteiger partial charge in [-0.2, -0.15) is 0 Å². The van der Waals surface area contributed by atoms with Gasteiger partial charge in [0.25, 0.3) is 0 Å². The lowest BCUT2D eigenvalue weighted by atomic mass is 10.00. The molecular weight excluding hydrogens is 308 g/mol. The van der Waals surface area contributed by atoms with Crippen LogP contribution in [0.4, 0.5) is 0 Å². The number of halogens is 1. The van der Waals surface area contributed by atoms with Crippen molar-refractivity contribution in [3.8, 4) is 0 Å². The van der Waals surface area contributed by atoms with E-state index in [0.717, 1.165) is 23.6 Å². The highest BCUT2D eigenvalue weighted by atomic mass is 35.5. The molecule has 1 aliphatic rings. The summed E-state index contributed by atoms with van der Waals surface area (Å²) in [6.45, 7) is 3.85. The Labute approximate surface area is 142 Å². The standard InChI is InChI=1S/C19H21ClN2O/c1-14(17-8-4-5-9-18(17)20)21-12-19(23)22-11-10-15-6-2-3-7-16(15)13-22/h2-9,14,21H,10-13H2,1H3/t14-/m1/s1. The summed E-state index contributed by atoms with van der Waals surface area (Å²) in [5.74, 6) is 0.137. The van der Waals surface area contributed by atoms with E-state index >= 15 is 0 Å². The lowest BCUT2D eigenvalue weighted by molar-refractivity contribution is -0.131. The van der Waals surface area contributed by atoms with Gasteiger partial charge in [-0.25, -0.2) is 0 Å². The summed E-state index contributed by atoms with van der Waals surface area (Å²) in [7, 11) is 0. The Balaban J connectivity index is 1.57. The van der Waals surface area contributed by atoms with E-state index in [4.69, 9.17) is 11.6 Å². The Kier molecular flexibility index (Phi) is 4.99. The third-order valence-corrected chi connectivity index (χ3v) is 4.76. The fraction of sp³-hybridized carbons (Fsp3) is 0.316. The average Bonchev–Trinajstić information content (AvgIpc) is 2.59. The maximum absolute atomic E-state index is 12.5. The molecule has 1 aliphatic heterocycles. The van der Waals surface area contributed by atoms with Crippen LogP contribution in [-0.2, 0) is 17.8 Å². The number of hydrogen-bond acceptors (Lipinski definition) is 2. The highest BCUT2D eigenvalue weighted by molar-refractivity contribution is 6.31. The van der Waals surface area contributed by atoms with Gasteiger partial charge in [0.1, 0.15) is 0 Å². The Morgan fingerprint density at radius 2 is 1.87 bits per heavy atom. The van der Waals surface area contributed by atoms with E-state index in [1.165, 1.54) is 11.1 Å². The lowest BCUT2D eigenvalue weighted by Crippen LogP contribution is -2.41. The fourth-order valence-electron chi connectivity index (χ4n) is 3.00. The largest absolute Gasteiger partial charge is 0.337 e. The van der Waals surface area contributed by atoms with Gasteiger partial charge in [0.2, 0.25) is 5.91 Å². The summed E-state index contributed by atoms with van der Waals surface area (Å²) in [6.07, 6.45) is 0.933. The number of nitrogens with zero attached hydrogens (tertiary/aromatic N) is 1. The van der Waals surface area contributed by atoms with Gasteiger partial charge >= 0.3 is 0 Å². The zero-order chi connectivity index (χ0) is 16.2. The van der Waals surface area contributed by atoms with Gasteiger partial charge in [-0.05, 0) is 36.1 Å². The Hall–Kier alpha value is -1.84. The van der Waals surface area contributed by atoms with Crippen molar-refractivity contribution in [3.05, 3.63) is 70.2 Å². The molecule has 0 radical (unpaired) electrons. The Morgan fingerprint density at radius 1 is 1.17 bits per heavy atom. The van der Waals surface area contributed by atoms with Crippen LogP contribution in [0.2, 0.25) is 5.02 Å². The zero-order valence-electron chi connectivity index (χ0n) is 13.3. The minimum absolute atomic E-state index is 0.0460. The van der Waals surface area contributed by atoms with Crippen LogP contribution in [0.3, 0.4) is 0 Å². The molecule has 0 saturated carbocycles. The van der Waals surface area contributed by atoms with E-state index in [9.17, 15) is 4.79 Å². The molecule has 2 aromatic rings. The molecule has 120 valence electrons. The van der Waals surface area contributed by atoms with E-state index in [0.29, 0.717) is 13.1 Å². The molecule has 1 heterocycles. The Morgan fingerprint density at radius 3 is 2.65 bits per heavy atom. The second-order valence-electron chi connectivity index (χ2n) is 5.96. The monoisotopic (exact) mass is 328 g/mol. The molecule has 4 heteroatoms. The van der Waals surface area contributed by atoms with Crippen LogP contribution in [0.15, 0.2) is 48.5 Å². The van der Waals surface area contributed by atoms with Gasteiger partial charge in [0, 0.05) is 24.2 Å². The maximum Gasteiger partial charge on any atom is 0.236 e. The van der Waals surface area contributed by atoms with E-state index in [2.05, 4.69) is 23.5 Å². The molecule has 0 unspecified atom stereocenters. The van der Waals surface area contributed by atoms with E-state index in [-0.39, 0.29) is 11.9 Å². The predicted octanol–water partition coefficient (Wildman–Crippen LogP) is 3.58. The average molecular weight is 329 g/mol. The summed E-state index contributed by atoms with van der Waals surface area (Å²) in [4.78, 5) is 14.4. The molecule has 0 fully saturated rings. The van der Waals surface area contributed by atoms with Gasteiger partial charge < -0.3 is 10.2 Å². The van der Waals surface area contributed by atoms with Crippen LogP contribution in [0.1, 0.15) is 29.7 Å². The number of carbonyl (C=O) groups is 1. The van der Waals surface area contributed by atoms with Gasteiger partial charge in [0.05, 0.1) is 6.54 Å². The summed E-state index contributed by atoms with van der Waals surface area (Å²) >= 11 is 6.20. The van der Waals surface area contributed by atoms with Gasteiger partial charge in [0.15, 0.2) is 0 Å². The molecule has 1 atom stereocenters. The normalized spacial score (nSPS) is 15.1. The molecule has 2 aromatic carbocycles. The first kappa shape index (κ1) is 16.0. The second kappa shape index (κ2) is 7.16. The van der Waals surface area contributed by atoms with Gasteiger partial charge in [-0.3, -0.25) is 4.79 Å². The molecule has 0 bridgehead atoms. The van der Waals surface area contributed by atoms with Crippen LogP contribution in [-0.4, -0.2) is 23.9 Å². The summed E-state index contributed by atoms with van der Waals surface area (Å²) in [5.41, 5.74) is 3.63. The molecule has 0 spiro atoms. The van der Waals surface area contributed by atoms with Crippen molar-refractivity contribution in [2.75, 3.05) is 13.1 Å². The number of amides is 1. The number of hydrogen-bond donors (Lipinski definition) is 1. The zero-order valence-corrected chi connectivity index (χ0v) is 14.0. The smallest absolute Gasteiger partial charge is 0.236 e. The number of carbonyl (C=O) groups excluding carboxylic acids is 1. The first-order valence-electron chi connectivity index (χ1n) is 7.97. The first-order chi connectivity index (χ1) is 11.1.